The first-order valence-corrected chi connectivity index (χ1v) is 8.30. The van der Waals surface area contributed by atoms with Crippen LogP contribution < -0.4 is 15.4 Å². The third kappa shape index (κ3) is 4.11. The molecule has 0 bridgehead atoms. The van der Waals surface area contributed by atoms with Gasteiger partial charge in [-0.2, -0.15) is 0 Å². The minimum absolute atomic E-state index is 0.246. The van der Waals surface area contributed by atoms with Gasteiger partial charge in [-0.3, -0.25) is 0 Å². The molecule has 0 aliphatic rings. The number of methoxy groups -OCH3 is 1. The average molecular weight is 339 g/mol. The Kier molecular flexibility index (Phi) is 5.08. The smallest absolute Gasteiger partial charge is 0.319 e. The summed E-state index contributed by atoms with van der Waals surface area (Å²) < 4.78 is 5.08. The van der Waals surface area contributed by atoms with Gasteiger partial charge in [0.1, 0.15) is 10.8 Å². The van der Waals surface area contributed by atoms with Crippen LogP contribution >= 0.6 is 11.3 Å². The maximum absolute atomic E-state index is 11.9. The molecule has 0 saturated heterocycles. The number of ether oxygens (including phenoxy) is 1. The van der Waals surface area contributed by atoms with Crippen molar-refractivity contribution in [2.75, 3.05) is 12.4 Å². The van der Waals surface area contributed by atoms with Gasteiger partial charge in [0, 0.05) is 29.4 Å². The van der Waals surface area contributed by atoms with Crippen molar-refractivity contribution in [3.8, 4) is 16.3 Å². The molecule has 6 heteroatoms. The second-order valence-electron chi connectivity index (χ2n) is 5.07. The van der Waals surface area contributed by atoms with Gasteiger partial charge in [-0.1, -0.05) is 24.3 Å². The summed E-state index contributed by atoms with van der Waals surface area (Å²) >= 11 is 1.60. The highest BCUT2D eigenvalue weighted by atomic mass is 32.1. The topological polar surface area (TPSA) is 63.2 Å². The van der Waals surface area contributed by atoms with E-state index in [1.165, 1.54) is 0 Å². The summed E-state index contributed by atoms with van der Waals surface area (Å²) in [6.07, 6.45) is 1.79. The van der Waals surface area contributed by atoms with E-state index in [0.29, 0.717) is 12.2 Å². The number of urea groups is 1. The van der Waals surface area contributed by atoms with Crippen molar-refractivity contribution in [1.82, 2.24) is 10.3 Å². The van der Waals surface area contributed by atoms with E-state index < -0.39 is 0 Å². The molecule has 0 radical (unpaired) electrons. The summed E-state index contributed by atoms with van der Waals surface area (Å²) in [4.78, 5) is 16.2. The molecule has 0 aliphatic heterocycles. The summed E-state index contributed by atoms with van der Waals surface area (Å²) in [5.41, 5.74) is 2.82. The molecule has 0 saturated carbocycles. The van der Waals surface area contributed by atoms with E-state index in [4.69, 9.17) is 4.74 Å². The zero-order valence-corrected chi connectivity index (χ0v) is 14.0. The molecule has 24 heavy (non-hydrogen) atoms. The molecule has 122 valence electrons. The zero-order chi connectivity index (χ0) is 16.8. The van der Waals surface area contributed by atoms with Crippen LogP contribution in [-0.2, 0) is 6.54 Å². The van der Waals surface area contributed by atoms with Gasteiger partial charge in [0.25, 0.3) is 0 Å². The van der Waals surface area contributed by atoms with Crippen molar-refractivity contribution in [2.24, 2.45) is 0 Å². The van der Waals surface area contributed by atoms with E-state index in [-0.39, 0.29) is 6.03 Å². The number of rotatable bonds is 5. The van der Waals surface area contributed by atoms with E-state index in [1.54, 1.807) is 48.9 Å². The van der Waals surface area contributed by atoms with Crippen molar-refractivity contribution in [2.45, 2.75) is 6.54 Å². The van der Waals surface area contributed by atoms with Gasteiger partial charge >= 0.3 is 6.03 Å². The number of hydrogen-bond acceptors (Lipinski definition) is 4. The van der Waals surface area contributed by atoms with E-state index >= 15 is 0 Å². The van der Waals surface area contributed by atoms with Crippen molar-refractivity contribution in [3.05, 3.63) is 65.7 Å². The molecule has 1 heterocycles. The van der Waals surface area contributed by atoms with E-state index in [9.17, 15) is 4.79 Å². The fraction of sp³-hybridized carbons (Fsp3) is 0.111. The number of nitrogens with one attached hydrogen (secondary N) is 2. The first kappa shape index (κ1) is 16.0. The molecule has 0 spiro atoms. The standard InChI is InChI=1S/C18H17N3O2S/c1-23-16-8-6-15(7-9-16)21-18(22)20-12-13-2-4-14(5-3-13)17-19-10-11-24-17/h2-11H,12H2,1H3,(H2,20,21,22). The molecule has 5 nitrogen and oxygen atoms in total. The lowest BCUT2D eigenvalue weighted by Crippen LogP contribution is -2.28. The van der Waals surface area contributed by atoms with Gasteiger partial charge in [0.05, 0.1) is 7.11 Å². The normalized spacial score (nSPS) is 10.2. The molecule has 1 aromatic heterocycles. The Bertz CT molecular complexity index is 784. The Morgan fingerprint density at radius 3 is 2.50 bits per heavy atom. The highest BCUT2D eigenvalue weighted by molar-refractivity contribution is 7.13. The van der Waals surface area contributed by atoms with Gasteiger partial charge in [-0.05, 0) is 29.8 Å². The molecule has 2 N–H and O–H groups in total. The van der Waals surface area contributed by atoms with Crippen molar-refractivity contribution in [3.63, 3.8) is 0 Å². The van der Waals surface area contributed by atoms with Crippen LogP contribution in [0.15, 0.2) is 60.1 Å². The van der Waals surface area contributed by atoms with Gasteiger partial charge in [0.15, 0.2) is 0 Å². The number of amides is 2. The molecule has 0 aliphatic carbocycles. The number of carbonyl (C=O) groups excluding carboxylic acids is 1. The molecule has 3 rings (SSSR count). The summed E-state index contributed by atoms with van der Waals surface area (Å²) in [5, 5.41) is 8.56. The highest BCUT2D eigenvalue weighted by Crippen LogP contribution is 2.21. The summed E-state index contributed by atoms with van der Waals surface area (Å²) in [6.45, 7) is 0.458. The molecular formula is C18H17N3O2S. The summed E-state index contributed by atoms with van der Waals surface area (Å²) in [7, 11) is 1.61. The van der Waals surface area contributed by atoms with Gasteiger partial charge in [-0.25, -0.2) is 9.78 Å². The van der Waals surface area contributed by atoms with Crippen LogP contribution in [0.25, 0.3) is 10.6 Å². The first-order valence-electron chi connectivity index (χ1n) is 7.42. The molecule has 2 amide bonds. The highest BCUT2D eigenvalue weighted by Gasteiger charge is 2.04. The van der Waals surface area contributed by atoms with Crippen LogP contribution in [0.3, 0.4) is 0 Å². The van der Waals surface area contributed by atoms with Crippen LogP contribution in [0.2, 0.25) is 0 Å². The maximum Gasteiger partial charge on any atom is 0.319 e. The van der Waals surface area contributed by atoms with Gasteiger partial charge < -0.3 is 15.4 Å². The lowest BCUT2D eigenvalue weighted by Gasteiger charge is -2.08. The predicted octanol–water partition coefficient (Wildman–Crippen LogP) is 4.14. The third-order valence-electron chi connectivity index (χ3n) is 3.43. The Hall–Kier alpha value is -2.86. The zero-order valence-electron chi connectivity index (χ0n) is 13.2. The monoisotopic (exact) mass is 339 g/mol. The van der Waals surface area contributed by atoms with Crippen LogP contribution in [-0.4, -0.2) is 18.1 Å². The number of thiazole rings is 1. The molecule has 0 fully saturated rings. The summed E-state index contributed by atoms with van der Waals surface area (Å²) in [5.74, 6) is 0.751. The number of aromatic nitrogens is 1. The van der Waals surface area contributed by atoms with E-state index in [0.717, 1.165) is 21.9 Å². The molecule has 3 aromatic rings. The average Bonchev–Trinajstić information content (AvgIpc) is 3.16. The van der Waals surface area contributed by atoms with E-state index in [1.807, 2.05) is 29.6 Å². The van der Waals surface area contributed by atoms with Gasteiger partial charge in [0.2, 0.25) is 0 Å². The third-order valence-corrected chi connectivity index (χ3v) is 4.26. The molecule has 0 unspecified atom stereocenters. The quantitative estimate of drug-likeness (QED) is 0.734. The van der Waals surface area contributed by atoms with E-state index in [2.05, 4.69) is 15.6 Å². The number of nitrogens with zero attached hydrogens (tertiary/aromatic N) is 1. The molecule has 2 aromatic carbocycles. The van der Waals surface area contributed by atoms with Crippen LogP contribution in [0.1, 0.15) is 5.56 Å². The number of hydrogen-bond donors (Lipinski definition) is 2. The fourth-order valence-electron chi connectivity index (χ4n) is 2.16. The number of benzene rings is 2. The molecule has 0 atom stereocenters. The predicted molar refractivity (Wildman–Crippen MR) is 96.4 cm³/mol. The lowest BCUT2D eigenvalue weighted by atomic mass is 10.1. The van der Waals surface area contributed by atoms with Crippen LogP contribution in [0.4, 0.5) is 10.5 Å². The number of anilines is 1. The Labute approximate surface area is 144 Å². The first-order chi connectivity index (χ1) is 11.7. The summed E-state index contributed by atoms with van der Waals surface area (Å²) in [6, 6.07) is 14.9. The second-order valence-corrected chi connectivity index (χ2v) is 5.96. The number of carbonyl (C=O) groups is 1. The minimum Gasteiger partial charge on any atom is -0.497 e. The fourth-order valence-corrected chi connectivity index (χ4v) is 2.81. The van der Waals surface area contributed by atoms with Crippen LogP contribution in [0.5, 0.6) is 5.75 Å². The Morgan fingerprint density at radius 2 is 1.88 bits per heavy atom. The Balaban J connectivity index is 1.52. The largest absolute Gasteiger partial charge is 0.497 e. The SMILES string of the molecule is COc1ccc(NC(=O)NCc2ccc(-c3nccs3)cc2)cc1. The maximum atomic E-state index is 11.9. The van der Waals surface area contributed by atoms with Crippen LogP contribution in [0, 0.1) is 0 Å². The lowest BCUT2D eigenvalue weighted by molar-refractivity contribution is 0.251. The van der Waals surface area contributed by atoms with Gasteiger partial charge in [-0.15, -0.1) is 11.3 Å². The van der Waals surface area contributed by atoms with Crippen molar-refractivity contribution >= 4 is 23.1 Å². The van der Waals surface area contributed by atoms with Crippen molar-refractivity contribution < 1.29 is 9.53 Å². The second kappa shape index (κ2) is 7.61. The van der Waals surface area contributed by atoms with Crippen molar-refractivity contribution in [1.29, 1.82) is 0 Å². The molecular weight excluding hydrogens is 322 g/mol. The minimum atomic E-state index is -0.246. The Morgan fingerprint density at radius 1 is 1.12 bits per heavy atom.